The largest absolute Gasteiger partial charge is 0.476 e. The van der Waals surface area contributed by atoms with Crippen molar-refractivity contribution in [3.63, 3.8) is 0 Å². The minimum atomic E-state index is -1.12. The van der Waals surface area contributed by atoms with Crippen molar-refractivity contribution in [3.8, 4) is 0 Å². The monoisotopic (exact) mass is 308 g/mol. The van der Waals surface area contributed by atoms with E-state index in [0.717, 1.165) is 17.8 Å². The molecule has 0 bridgehead atoms. The van der Waals surface area contributed by atoms with Gasteiger partial charge < -0.3 is 5.11 Å². The summed E-state index contributed by atoms with van der Waals surface area (Å²) < 4.78 is 1.35. The number of rotatable bonds is 5. The van der Waals surface area contributed by atoms with Crippen LogP contribution in [0.4, 0.5) is 5.13 Å². The van der Waals surface area contributed by atoms with Gasteiger partial charge in [-0.2, -0.15) is 0 Å². The molecular formula is C11H12N6O3S. The maximum atomic E-state index is 12.0. The molecule has 0 radical (unpaired) electrons. The van der Waals surface area contributed by atoms with Crippen LogP contribution < -0.4 is 5.32 Å². The van der Waals surface area contributed by atoms with Gasteiger partial charge in [0.25, 0.3) is 0 Å². The van der Waals surface area contributed by atoms with Gasteiger partial charge in [0.2, 0.25) is 11.0 Å². The van der Waals surface area contributed by atoms with Crippen molar-refractivity contribution in [1.82, 2.24) is 25.2 Å². The van der Waals surface area contributed by atoms with Crippen molar-refractivity contribution < 1.29 is 14.7 Å². The predicted molar refractivity (Wildman–Crippen MR) is 72.2 cm³/mol. The average molecular weight is 308 g/mol. The minimum absolute atomic E-state index is 0.0722. The van der Waals surface area contributed by atoms with Crippen LogP contribution in [0.15, 0.2) is 0 Å². The molecule has 0 aliphatic heterocycles. The first-order valence-corrected chi connectivity index (χ1v) is 7.13. The van der Waals surface area contributed by atoms with Crippen LogP contribution in [-0.2, 0) is 11.3 Å². The molecule has 2 aromatic heterocycles. The van der Waals surface area contributed by atoms with E-state index in [-0.39, 0.29) is 24.1 Å². The Morgan fingerprint density at radius 2 is 2.14 bits per heavy atom. The lowest BCUT2D eigenvalue weighted by atomic mass is 10.2. The second kappa shape index (κ2) is 5.20. The molecule has 2 aromatic rings. The Morgan fingerprint density at radius 3 is 2.71 bits per heavy atom. The number of aromatic nitrogens is 5. The molecule has 0 spiro atoms. The molecule has 0 unspecified atom stereocenters. The third-order valence-electron chi connectivity index (χ3n) is 3.01. The minimum Gasteiger partial charge on any atom is -0.476 e. The van der Waals surface area contributed by atoms with Crippen molar-refractivity contribution in [2.24, 2.45) is 0 Å². The third-order valence-corrected chi connectivity index (χ3v) is 3.76. The normalized spacial score (nSPS) is 14.1. The Labute approximate surface area is 123 Å². The standard InChI is InChI=1S/C11H12N6O3S/c1-5-13-15-11(21-5)12-7(18)4-17-9(6-2-3-6)8(10(19)20)14-16-17/h6H,2-4H2,1H3,(H,19,20)(H,12,15,18). The van der Waals surface area contributed by atoms with E-state index in [0.29, 0.717) is 10.8 Å². The number of hydrogen-bond acceptors (Lipinski definition) is 7. The lowest BCUT2D eigenvalue weighted by molar-refractivity contribution is -0.117. The molecule has 1 saturated carbocycles. The highest BCUT2D eigenvalue weighted by Crippen LogP contribution is 2.41. The van der Waals surface area contributed by atoms with Gasteiger partial charge in [-0.25, -0.2) is 9.48 Å². The van der Waals surface area contributed by atoms with E-state index in [9.17, 15) is 9.59 Å². The van der Waals surface area contributed by atoms with Crippen LogP contribution in [-0.4, -0.2) is 42.2 Å². The number of carbonyl (C=O) groups excluding carboxylic acids is 1. The van der Waals surface area contributed by atoms with E-state index in [1.807, 2.05) is 0 Å². The summed E-state index contributed by atoms with van der Waals surface area (Å²) in [5, 5.41) is 27.9. The third kappa shape index (κ3) is 2.89. The smallest absolute Gasteiger partial charge is 0.358 e. The lowest BCUT2D eigenvalue weighted by Crippen LogP contribution is -2.21. The molecule has 0 saturated heterocycles. The number of aryl methyl sites for hydroxylation is 1. The Morgan fingerprint density at radius 1 is 1.38 bits per heavy atom. The summed E-state index contributed by atoms with van der Waals surface area (Å²) in [6.45, 7) is 1.69. The number of aromatic carboxylic acids is 1. The van der Waals surface area contributed by atoms with Gasteiger partial charge in [0.05, 0.1) is 5.69 Å². The molecular weight excluding hydrogens is 296 g/mol. The molecule has 2 heterocycles. The van der Waals surface area contributed by atoms with Gasteiger partial charge in [0.1, 0.15) is 11.6 Å². The van der Waals surface area contributed by atoms with E-state index in [1.165, 1.54) is 16.0 Å². The number of carboxylic acids is 1. The number of amides is 1. The van der Waals surface area contributed by atoms with Gasteiger partial charge in [0, 0.05) is 5.92 Å². The Balaban J connectivity index is 1.75. The van der Waals surface area contributed by atoms with Crippen molar-refractivity contribution in [2.75, 3.05) is 5.32 Å². The molecule has 10 heteroatoms. The Bertz CT molecular complexity index is 705. The van der Waals surface area contributed by atoms with Crippen molar-refractivity contribution in [3.05, 3.63) is 16.4 Å². The summed E-state index contributed by atoms with van der Waals surface area (Å²) in [7, 11) is 0. The van der Waals surface area contributed by atoms with Crippen LogP contribution in [0, 0.1) is 6.92 Å². The van der Waals surface area contributed by atoms with Gasteiger partial charge in [0.15, 0.2) is 5.69 Å². The highest BCUT2D eigenvalue weighted by atomic mass is 32.1. The summed E-state index contributed by atoms with van der Waals surface area (Å²) in [6, 6.07) is 0. The summed E-state index contributed by atoms with van der Waals surface area (Å²) >= 11 is 1.27. The number of anilines is 1. The number of nitrogens with zero attached hydrogens (tertiary/aromatic N) is 5. The van der Waals surface area contributed by atoms with Gasteiger partial charge in [-0.1, -0.05) is 16.6 Å². The first kappa shape index (κ1) is 13.6. The van der Waals surface area contributed by atoms with Crippen LogP contribution >= 0.6 is 11.3 Å². The van der Waals surface area contributed by atoms with Crippen LogP contribution in [0.5, 0.6) is 0 Å². The fourth-order valence-corrected chi connectivity index (χ4v) is 2.60. The summed E-state index contributed by atoms with van der Waals surface area (Å²) in [5.74, 6) is -1.33. The average Bonchev–Trinajstić information content (AvgIpc) is 3.04. The van der Waals surface area contributed by atoms with Crippen LogP contribution in [0.2, 0.25) is 0 Å². The number of carbonyl (C=O) groups is 2. The van der Waals surface area contributed by atoms with E-state index >= 15 is 0 Å². The Hall–Kier alpha value is -2.36. The zero-order chi connectivity index (χ0) is 15.0. The van der Waals surface area contributed by atoms with Gasteiger partial charge in [-0.05, 0) is 19.8 Å². The Kier molecular flexibility index (Phi) is 3.37. The molecule has 3 rings (SSSR count). The molecule has 1 amide bonds. The van der Waals surface area contributed by atoms with Crippen LogP contribution in [0.1, 0.15) is 39.9 Å². The second-order valence-corrected chi connectivity index (χ2v) is 5.92. The topological polar surface area (TPSA) is 123 Å². The first-order valence-electron chi connectivity index (χ1n) is 6.31. The quantitative estimate of drug-likeness (QED) is 0.831. The maximum Gasteiger partial charge on any atom is 0.358 e. The number of hydrogen-bond donors (Lipinski definition) is 2. The zero-order valence-corrected chi connectivity index (χ0v) is 11.9. The molecule has 0 atom stereocenters. The molecule has 1 fully saturated rings. The van der Waals surface area contributed by atoms with E-state index in [4.69, 9.17) is 5.11 Å². The fraction of sp³-hybridized carbons (Fsp3) is 0.455. The molecule has 21 heavy (non-hydrogen) atoms. The SMILES string of the molecule is Cc1nnc(NC(=O)Cn2nnc(C(=O)O)c2C2CC2)s1. The molecule has 1 aliphatic carbocycles. The molecule has 110 valence electrons. The van der Waals surface area contributed by atoms with Gasteiger partial charge >= 0.3 is 5.97 Å². The lowest BCUT2D eigenvalue weighted by Gasteiger charge is -2.05. The first-order chi connectivity index (χ1) is 10.0. The highest BCUT2D eigenvalue weighted by Gasteiger charge is 2.34. The van der Waals surface area contributed by atoms with Crippen molar-refractivity contribution >= 4 is 28.3 Å². The van der Waals surface area contributed by atoms with Crippen molar-refractivity contribution in [1.29, 1.82) is 0 Å². The molecule has 2 N–H and O–H groups in total. The van der Waals surface area contributed by atoms with Crippen LogP contribution in [0.25, 0.3) is 0 Å². The molecule has 0 aromatic carbocycles. The number of carboxylic acid groups (broad SMARTS) is 1. The highest BCUT2D eigenvalue weighted by molar-refractivity contribution is 7.15. The van der Waals surface area contributed by atoms with E-state index in [1.54, 1.807) is 6.92 Å². The predicted octanol–water partition coefficient (Wildman–Crippen LogP) is 0.652. The molecule has 9 nitrogen and oxygen atoms in total. The summed E-state index contributed by atoms with van der Waals surface area (Å²) in [5.41, 5.74) is 0.447. The molecule has 1 aliphatic rings. The summed E-state index contributed by atoms with van der Waals surface area (Å²) in [6.07, 6.45) is 1.79. The second-order valence-electron chi connectivity index (χ2n) is 4.73. The maximum absolute atomic E-state index is 12.0. The van der Waals surface area contributed by atoms with E-state index < -0.39 is 5.97 Å². The van der Waals surface area contributed by atoms with Gasteiger partial charge in [-0.15, -0.1) is 15.3 Å². The fourth-order valence-electron chi connectivity index (χ4n) is 1.99. The van der Waals surface area contributed by atoms with E-state index in [2.05, 4.69) is 25.8 Å². The summed E-state index contributed by atoms with van der Waals surface area (Å²) in [4.78, 5) is 23.1. The number of nitrogens with one attached hydrogen (secondary N) is 1. The zero-order valence-electron chi connectivity index (χ0n) is 11.1. The van der Waals surface area contributed by atoms with Crippen LogP contribution in [0.3, 0.4) is 0 Å². The van der Waals surface area contributed by atoms with Crippen molar-refractivity contribution in [2.45, 2.75) is 32.2 Å². The van der Waals surface area contributed by atoms with Gasteiger partial charge in [-0.3, -0.25) is 10.1 Å².